The lowest BCUT2D eigenvalue weighted by Gasteiger charge is -2.08. The third kappa shape index (κ3) is 2.46. The molecule has 2 N–H and O–H groups in total. The lowest BCUT2D eigenvalue weighted by molar-refractivity contribution is 0.102. The van der Waals surface area contributed by atoms with E-state index in [2.05, 4.69) is 15.5 Å². The predicted molar refractivity (Wildman–Crippen MR) is 81.5 cm³/mol. The summed E-state index contributed by atoms with van der Waals surface area (Å²) in [6.45, 7) is 1.76. The van der Waals surface area contributed by atoms with Crippen molar-refractivity contribution in [3.05, 3.63) is 69.9 Å². The number of benzene rings is 2. The van der Waals surface area contributed by atoms with Crippen molar-refractivity contribution in [3.63, 3.8) is 0 Å². The average Bonchev–Trinajstić information content (AvgIpc) is 2.50. The van der Waals surface area contributed by atoms with Gasteiger partial charge in [0.25, 0.3) is 11.5 Å². The summed E-state index contributed by atoms with van der Waals surface area (Å²) in [7, 11) is 0. The minimum absolute atomic E-state index is 0.0372. The number of rotatable bonds is 2. The number of amides is 1. The molecule has 0 saturated carbocycles. The van der Waals surface area contributed by atoms with Crippen LogP contribution in [0.5, 0.6) is 0 Å². The van der Waals surface area contributed by atoms with Crippen LogP contribution < -0.4 is 10.9 Å². The molecule has 22 heavy (non-hydrogen) atoms. The molecule has 3 aromatic rings. The van der Waals surface area contributed by atoms with E-state index >= 15 is 0 Å². The summed E-state index contributed by atoms with van der Waals surface area (Å²) in [4.78, 5) is 24.0. The fourth-order valence-electron chi connectivity index (χ4n) is 2.19. The third-order valence-corrected chi connectivity index (χ3v) is 3.28. The fourth-order valence-corrected chi connectivity index (χ4v) is 2.19. The molecule has 0 fully saturated rings. The molecule has 0 aliphatic heterocycles. The molecule has 110 valence electrons. The van der Waals surface area contributed by atoms with Gasteiger partial charge < -0.3 is 5.32 Å². The fraction of sp³-hybridized carbons (Fsp3) is 0.0625. The summed E-state index contributed by atoms with van der Waals surface area (Å²) < 4.78 is 13.8. The number of carbonyl (C=O) groups excluding carboxylic acids is 1. The number of nitrogens with zero attached hydrogens (tertiary/aromatic N) is 1. The number of halogens is 1. The summed E-state index contributed by atoms with van der Waals surface area (Å²) in [5, 5.41) is 9.28. The van der Waals surface area contributed by atoms with Crippen LogP contribution in [0.4, 0.5) is 10.1 Å². The lowest BCUT2D eigenvalue weighted by atomic mass is 10.1. The number of hydrogen-bond acceptors (Lipinski definition) is 3. The van der Waals surface area contributed by atoms with E-state index in [-0.39, 0.29) is 16.9 Å². The molecule has 0 atom stereocenters. The van der Waals surface area contributed by atoms with Crippen LogP contribution in [-0.2, 0) is 0 Å². The van der Waals surface area contributed by atoms with E-state index in [0.29, 0.717) is 10.8 Å². The van der Waals surface area contributed by atoms with E-state index in [1.807, 2.05) is 0 Å². The number of hydrogen-bond donors (Lipinski definition) is 2. The summed E-state index contributed by atoms with van der Waals surface area (Å²) in [5.74, 6) is -1.11. The van der Waals surface area contributed by atoms with E-state index < -0.39 is 11.7 Å². The van der Waals surface area contributed by atoms with Crippen LogP contribution in [0, 0.1) is 12.7 Å². The van der Waals surface area contributed by atoms with Gasteiger partial charge in [-0.1, -0.05) is 24.3 Å². The second-order valence-electron chi connectivity index (χ2n) is 4.88. The van der Waals surface area contributed by atoms with Gasteiger partial charge in [0, 0.05) is 5.39 Å². The van der Waals surface area contributed by atoms with Crippen LogP contribution in [0.25, 0.3) is 10.8 Å². The van der Waals surface area contributed by atoms with Crippen LogP contribution in [0.3, 0.4) is 0 Å². The van der Waals surface area contributed by atoms with Gasteiger partial charge in [-0.2, -0.15) is 5.10 Å². The second-order valence-corrected chi connectivity index (χ2v) is 4.88. The Morgan fingerprint density at radius 1 is 1.18 bits per heavy atom. The number of aryl methyl sites for hydroxylation is 1. The summed E-state index contributed by atoms with van der Waals surface area (Å²) in [6, 6.07) is 11.1. The van der Waals surface area contributed by atoms with Gasteiger partial charge in [0.2, 0.25) is 0 Å². The Morgan fingerprint density at radius 2 is 1.91 bits per heavy atom. The molecular formula is C16H12FN3O2. The molecule has 0 aliphatic carbocycles. The minimum atomic E-state index is -0.588. The molecular weight excluding hydrogens is 285 g/mol. The highest BCUT2D eigenvalue weighted by Gasteiger charge is 2.15. The maximum Gasteiger partial charge on any atom is 0.276 e. The van der Waals surface area contributed by atoms with Gasteiger partial charge in [-0.25, -0.2) is 9.49 Å². The predicted octanol–water partition coefficient (Wildman–Crippen LogP) is 2.62. The van der Waals surface area contributed by atoms with E-state index in [1.165, 1.54) is 12.1 Å². The first-order valence-corrected chi connectivity index (χ1v) is 6.61. The highest BCUT2D eigenvalue weighted by Crippen LogP contribution is 2.18. The van der Waals surface area contributed by atoms with Crippen molar-refractivity contribution in [1.29, 1.82) is 0 Å². The Balaban J connectivity index is 2.03. The molecule has 0 radical (unpaired) electrons. The first kappa shape index (κ1) is 13.9. The van der Waals surface area contributed by atoms with Crippen molar-refractivity contribution in [2.24, 2.45) is 0 Å². The summed E-state index contributed by atoms with van der Waals surface area (Å²) in [6.07, 6.45) is 0. The van der Waals surface area contributed by atoms with Gasteiger partial charge in [-0.3, -0.25) is 9.59 Å². The number of aromatic nitrogens is 2. The Bertz CT molecular complexity index is 934. The number of H-pyrrole nitrogens is 1. The smallest absolute Gasteiger partial charge is 0.276 e. The number of nitrogens with one attached hydrogen (secondary N) is 2. The molecule has 0 bridgehead atoms. The number of anilines is 1. The molecule has 1 aromatic heterocycles. The van der Waals surface area contributed by atoms with Crippen LogP contribution >= 0.6 is 0 Å². The highest BCUT2D eigenvalue weighted by atomic mass is 19.1. The largest absolute Gasteiger partial charge is 0.318 e. The van der Waals surface area contributed by atoms with E-state index in [0.717, 1.165) is 5.56 Å². The third-order valence-electron chi connectivity index (χ3n) is 3.28. The summed E-state index contributed by atoms with van der Waals surface area (Å²) in [5.41, 5.74) is 0.472. The van der Waals surface area contributed by atoms with Gasteiger partial charge in [0.15, 0.2) is 5.69 Å². The standard InChI is InChI=1S/C16H12FN3O2/c1-9-6-7-13(12(17)8-9)18-16(22)14-10-4-2-3-5-11(10)15(21)20-19-14/h2-8H,1H3,(H,18,22)(H,20,21). The first-order chi connectivity index (χ1) is 10.6. The molecule has 0 aliphatic rings. The molecule has 0 unspecified atom stereocenters. The summed E-state index contributed by atoms with van der Waals surface area (Å²) >= 11 is 0. The molecule has 0 spiro atoms. The maximum atomic E-state index is 13.8. The zero-order chi connectivity index (χ0) is 15.7. The number of fused-ring (bicyclic) bond motifs is 1. The van der Waals surface area contributed by atoms with Gasteiger partial charge in [0.1, 0.15) is 5.82 Å². The van der Waals surface area contributed by atoms with Crippen molar-refractivity contribution in [1.82, 2.24) is 10.2 Å². The second kappa shape index (κ2) is 5.40. The Morgan fingerprint density at radius 3 is 2.64 bits per heavy atom. The zero-order valence-electron chi connectivity index (χ0n) is 11.7. The van der Waals surface area contributed by atoms with Crippen molar-refractivity contribution in [3.8, 4) is 0 Å². The molecule has 0 saturated heterocycles. The first-order valence-electron chi connectivity index (χ1n) is 6.61. The Kier molecular flexibility index (Phi) is 3.42. The van der Waals surface area contributed by atoms with E-state index in [1.54, 1.807) is 37.3 Å². The van der Waals surface area contributed by atoms with Crippen molar-refractivity contribution < 1.29 is 9.18 Å². The molecule has 3 rings (SSSR count). The Labute approximate surface area is 124 Å². The quantitative estimate of drug-likeness (QED) is 0.763. The topological polar surface area (TPSA) is 74.8 Å². The van der Waals surface area contributed by atoms with Crippen molar-refractivity contribution in [2.45, 2.75) is 6.92 Å². The monoisotopic (exact) mass is 297 g/mol. The molecule has 1 amide bonds. The maximum absolute atomic E-state index is 13.8. The molecule has 5 nitrogen and oxygen atoms in total. The van der Waals surface area contributed by atoms with Crippen molar-refractivity contribution >= 4 is 22.4 Å². The van der Waals surface area contributed by atoms with Crippen LogP contribution in [0.1, 0.15) is 16.1 Å². The molecule has 1 heterocycles. The van der Waals surface area contributed by atoms with Gasteiger partial charge in [-0.15, -0.1) is 0 Å². The SMILES string of the molecule is Cc1ccc(NC(=O)c2n[nH]c(=O)c3ccccc23)c(F)c1. The van der Waals surface area contributed by atoms with Crippen LogP contribution in [0.2, 0.25) is 0 Å². The highest BCUT2D eigenvalue weighted by molar-refractivity contribution is 6.11. The van der Waals surface area contributed by atoms with Gasteiger partial charge in [0.05, 0.1) is 11.1 Å². The van der Waals surface area contributed by atoms with Gasteiger partial charge >= 0.3 is 0 Å². The number of aromatic amines is 1. The van der Waals surface area contributed by atoms with Crippen LogP contribution in [0.15, 0.2) is 47.3 Å². The van der Waals surface area contributed by atoms with Gasteiger partial charge in [-0.05, 0) is 30.7 Å². The molecule has 2 aromatic carbocycles. The van der Waals surface area contributed by atoms with Crippen molar-refractivity contribution in [2.75, 3.05) is 5.32 Å². The van der Waals surface area contributed by atoms with E-state index in [4.69, 9.17) is 0 Å². The minimum Gasteiger partial charge on any atom is -0.318 e. The Hall–Kier alpha value is -3.02. The lowest BCUT2D eigenvalue weighted by Crippen LogP contribution is -2.19. The zero-order valence-corrected chi connectivity index (χ0v) is 11.7. The van der Waals surface area contributed by atoms with E-state index in [9.17, 15) is 14.0 Å². The molecule has 6 heteroatoms. The normalized spacial score (nSPS) is 10.6. The number of carbonyl (C=O) groups is 1. The van der Waals surface area contributed by atoms with Crippen LogP contribution in [-0.4, -0.2) is 16.1 Å². The average molecular weight is 297 g/mol.